The van der Waals surface area contributed by atoms with Crippen molar-refractivity contribution >= 4 is 11.5 Å². The number of ketones is 1. The van der Waals surface area contributed by atoms with Gasteiger partial charge in [-0.05, 0) is 18.7 Å². The number of nitrogens with two attached hydrogens (primary N) is 2. The van der Waals surface area contributed by atoms with Gasteiger partial charge in [0.2, 0.25) is 0 Å². The summed E-state index contributed by atoms with van der Waals surface area (Å²) in [6.07, 6.45) is 0.316. The molecule has 0 amide bonds. The van der Waals surface area contributed by atoms with Crippen LogP contribution in [0.1, 0.15) is 16.8 Å². The van der Waals surface area contributed by atoms with E-state index in [2.05, 4.69) is 0 Å². The smallest absolute Gasteiger partial charge is 0.166 e. The zero-order valence-corrected chi connectivity index (χ0v) is 8.12. The third kappa shape index (κ3) is 2.23. The van der Waals surface area contributed by atoms with Gasteiger partial charge < -0.3 is 16.2 Å². The Kier molecular flexibility index (Phi) is 3.48. The van der Waals surface area contributed by atoms with E-state index in [1.54, 1.807) is 25.3 Å². The molecule has 4 nitrogen and oxygen atoms in total. The molecule has 0 radical (unpaired) electrons. The molecule has 1 aromatic carbocycles. The molecule has 0 aliphatic heterocycles. The molecule has 0 fully saturated rings. The average molecular weight is 194 g/mol. The molecule has 0 saturated heterocycles. The van der Waals surface area contributed by atoms with Crippen LogP contribution in [0.3, 0.4) is 0 Å². The number of anilines is 1. The standard InChI is InChI=1S/C10H14N2O2/c1-14-7-2-3-8(9(12)6-7)10(13)4-5-11/h2-3,6H,4-5,11-12H2,1H3. The first-order valence-corrected chi connectivity index (χ1v) is 4.36. The Bertz CT molecular complexity index is 337. The van der Waals surface area contributed by atoms with Gasteiger partial charge in [-0.15, -0.1) is 0 Å². The lowest BCUT2D eigenvalue weighted by Crippen LogP contribution is -2.10. The van der Waals surface area contributed by atoms with Crippen molar-refractivity contribution in [3.05, 3.63) is 23.8 Å². The number of nitrogen functional groups attached to an aromatic ring is 1. The van der Waals surface area contributed by atoms with Crippen molar-refractivity contribution in [2.45, 2.75) is 6.42 Å². The second-order valence-corrected chi connectivity index (χ2v) is 2.92. The summed E-state index contributed by atoms with van der Waals surface area (Å²) in [5.41, 5.74) is 11.9. The highest BCUT2D eigenvalue weighted by molar-refractivity contribution is 6.01. The van der Waals surface area contributed by atoms with Crippen molar-refractivity contribution in [2.24, 2.45) is 5.73 Å². The van der Waals surface area contributed by atoms with Gasteiger partial charge in [0.1, 0.15) is 5.75 Å². The molecule has 1 rings (SSSR count). The first-order chi connectivity index (χ1) is 6.69. The fraction of sp³-hybridized carbons (Fsp3) is 0.300. The maximum absolute atomic E-state index is 11.5. The highest BCUT2D eigenvalue weighted by Crippen LogP contribution is 2.20. The predicted octanol–water partition coefficient (Wildman–Crippen LogP) is 0.809. The quantitative estimate of drug-likeness (QED) is 0.549. The normalized spacial score (nSPS) is 9.86. The van der Waals surface area contributed by atoms with Crippen LogP contribution in [0.5, 0.6) is 5.75 Å². The third-order valence-electron chi connectivity index (χ3n) is 1.93. The highest BCUT2D eigenvalue weighted by Gasteiger charge is 2.09. The topological polar surface area (TPSA) is 78.3 Å². The third-order valence-corrected chi connectivity index (χ3v) is 1.93. The second kappa shape index (κ2) is 4.62. The number of rotatable bonds is 4. The van der Waals surface area contributed by atoms with Crippen LogP contribution >= 0.6 is 0 Å². The predicted molar refractivity (Wildman–Crippen MR) is 55.4 cm³/mol. The molecule has 0 unspecified atom stereocenters. The zero-order valence-electron chi connectivity index (χ0n) is 8.12. The molecule has 14 heavy (non-hydrogen) atoms. The summed E-state index contributed by atoms with van der Waals surface area (Å²) in [7, 11) is 1.55. The fourth-order valence-corrected chi connectivity index (χ4v) is 1.19. The molecular formula is C10H14N2O2. The largest absolute Gasteiger partial charge is 0.497 e. The second-order valence-electron chi connectivity index (χ2n) is 2.92. The van der Waals surface area contributed by atoms with Crippen molar-refractivity contribution < 1.29 is 9.53 Å². The molecular weight excluding hydrogens is 180 g/mol. The highest BCUT2D eigenvalue weighted by atomic mass is 16.5. The molecule has 1 aromatic rings. The van der Waals surface area contributed by atoms with Gasteiger partial charge in [-0.3, -0.25) is 4.79 Å². The Morgan fingerprint density at radius 3 is 2.71 bits per heavy atom. The summed E-state index contributed by atoms with van der Waals surface area (Å²) in [6, 6.07) is 5.00. The zero-order chi connectivity index (χ0) is 10.6. The number of benzene rings is 1. The van der Waals surface area contributed by atoms with E-state index >= 15 is 0 Å². The summed E-state index contributed by atoms with van der Waals surface area (Å²) < 4.78 is 4.97. The molecule has 0 aromatic heterocycles. The summed E-state index contributed by atoms with van der Waals surface area (Å²) in [4.78, 5) is 11.5. The van der Waals surface area contributed by atoms with Crippen molar-refractivity contribution in [2.75, 3.05) is 19.4 Å². The minimum Gasteiger partial charge on any atom is -0.497 e. The van der Waals surface area contributed by atoms with Gasteiger partial charge in [-0.1, -0.05) is 0 Å². The first-order valence-electron chi connectivity index (χ1n) is 4.36. The van der Waals surface area contributed by atoms with Crippen molar-refractivity contribution in [1.82, 2.24) is 0 Å². The Labute approximate surface area is 82.8 Å². The minimum absolute atomic E-state index is 0.0346. The Balaban J connectivity index is 2.94. The van der Waals surface area contributed by atoms with E-state index in [0.29, 0.717) is 30.0 Å². The monoisotopic (exact) mass is 194 g/mol. The number of hydrogen-bond donors (Lipinski definition) is 2. The number of carbonyl (C=O) groups is 1. The number of methoxy groups -OCH3 is 1. The van der Waals surface area contributed by atoms with Gasteiger partial charge in [0.05, 0.1) is 7.11 Å². The molecule has 4 N–H and O–H groups in total. The average Bonchev–Trinajstić information content (AvgIpc) is 2.17. The Morgan fingerprint density at radius 2 is 2.21 bits per heavy atom. The first kappa shape index (κ1) is 10.5. The van der Waals surface area contributed by atoms with Crippen LogP contribution in [0.25, 0.3) is 0 Å². The molecule has 0 aliphatic carbocycles. The van der Waals surface area contributed by atoms with Crippen molar-refractivity contribution in [1.29, 1.82) is 0 Å². The van der Waals surface area contributed by atoms with Crippen LogP contribution in [0.15, 0.2) is 18.2 Å². The van der Waals surface area contributed by atoms with E-state index in [0.717, 1.165) is 0 Å². The minimum atomic E-state index is -0.0346. The van der Waals surface area contributed by atoms with Crippen LogP contribution < -0.4 is 16.2 Å². The summed E-state index contributed by atoms with van der Waals surface area (Å²) in [6.45, 7) is 0.338. The molecule has 76 valence electrons. The van der Waals surface area contributed by atoms with Gasteiger partial charge in [-0.25, -0.2) is 0 Å². The van der Waals surface area contributed by atoms with Gasteiger partial charge >= 0.3 is 0 Å². The summed E-state index contributed by atoms with van der Waals surface area (Å²) >= 11 is 0. The van der Waals surface area contributed by atoms with E-state index in [4.69, 9.17) is 16.2 Å². The Hall–Kier alpha value is -1.55. The molecule has 4 heteroatoms. The van der Waals surface area contributed by atoms with E-state index in [9.17, 15) is 4.79 Å². The number of ether oxygens (including phenoxy) is 1. The molecule has 0 atom stereocenters. The Morgan fingerprint density at radius 1 is 1.50 bits per heavy atom. The molecule has 0 spiro atoms. The van der Waals surface area contributed by atoms with E-state index < -0.39 is 0 Å². The fourth-order valence-electron chi connectivity index (χ4n) is 1.19. The number of carbonyl (C=O) groups excluding carboxylic acids is 1. The number of Topliss-reactive ketones (excluding diaryl/α,β-unsaturated/α-hetero) is 1. The lowest BCUT2D eigenvalue weighted by Gasteiger charge is -2.06. The molecule has 0 aliphatic rings. The van der Waals surface area contributed by atoms with Gasteiger partial charge in [0.25, 0.3) is 0 Å². The number of hydrogen-bond acceptors (Lipinski definition) is 4. The maximum Gasteiger partial charge on any atom is 0.166 e. The molecule has 0 heterocycles. The van der Waals surface area contributed by atoms with E-state index in [1.807, 2.05) is 0 Å². The van der Waals surface area contributed by atoms with Crippen LogP contribution in [-0.4, -0.2) is 19.4 Å². The van der Waals surface area contributed by atoms with Crippen LogP contribution in [0, 0.1) is 0 Å². The summed E-state index contributed by atoms with van der Waals surface area (Å²) in [5, 5.41) is 0. The maximum atomic E-state index is 11.5. The van der Waals surface area contributed by atoms with Gasteiger partial charge in [-0.2, -0.15) is 0 Å². The van der Waals surface area contributed by atoms with E-state index in [1.165, 1.54) is 0 Å². The molecule has 0 bridgehead atoms. The SMILES string of the molecule is COc1ccc(C(=O)CCN)c(N)c1. The lowest BCUT2D eigenvalue weighted by atomic mass is 10.1. The van der Waals surface area contributed by atoms with Crippen LogP contribution in [0.4, 0.5) is 5.69 Å². The molecule has 0 saturated carbocycles. The van der Waals surface area contributed by atoms with Crippen molar-refractivity contribution in [3.63, 3.8) is 0 Å². The van der Waals surface area contributed by atoms with Gasteiger partial charge in [0, 0.05) is 23.7 Å². The van der Waals surface area contributed by atoms with Gasteiger partial charge in [0.15, 0.2) is 5.78 Å². The van der Waals surface area contributed by atoms with E-state index in [-0.39, 0.29) is 5.78 Å². The van der Waals surface area contributed by atoms with Crippen molar-refractivity contribution in [3.8, 4) is 5.75 Å². The summed E-state index contributed by atoms with van der Waals surface area (Å²) in [5.74, 6) is 0.611. The van der Waals surface area contributed by atoms with Crippen LogP contribution in [-0.2, 0) is 0 Å². The van der Waals surface area contributed by atoms with Crippen LogP contribution in [0.2, 0.25) is 0 Å². The lowest BCUT2D eigenvalue weighted by molar-refractivity contribution is 0.0986.